The van der Waals surface area contributed by atoms with Gasteiger partial charge in [0.15, 0.2) is 0 Å². The Balaban J connectivity index is 2.60. The van der Waals surface area contributed by atoms with Crippen molar-refractivity contribution in [2.24, 2.45) is 5.41 Å². The van der Waals surface area contributed by atoms with Crippen molar-refractivity contribution in [2.75, 3.05) is 26.2 Å². The minimum absolute atomic E-state index is 0.354. The fourth-order valence-electron chi connectivity index (χ4n) is 2.96. The van der Waals surface area contributed by atoms with Gasteiger partial charge in [-0.2, -0.15) is 0 Å². The molecule has 1 heterocycles. The zero-order valence-electron chi connectivity index (χ0n) is 14.4. The third kappa shape index (κ3) is 7.05. The number of nitrogens with zero attached hydrogens (tertiary/aromatic N) is 2. The summed E-state index contributed by atoms with van der Waals surface area (Å²) in [5, 5.41) is 3.62. The Morgan fingerprint density at radius 2 is 1.86 bits per heavy atom. The van der Waals surface area contributed by atoms with Crippen LogP contribution in [0.4, 0.5) is 0 Å². The molecule has 1 aromatic heterocycles. The molecule has 0 fully saturated rings. The lowest BCUT2D eigenvalue weighted by Crippen LogP contribution is -2.42. The van der Waals surface area contributed by atoms with Crippen molar-refractivity contribution in [3.63, 3.8) is 0 Å². The summed E-state index contributed by atoms with van der Waals surface area (Å²) in [6.45, 7) is 14.7. The van der Waals surface area contributed by atoms with Gasteiger partial charge in [-0.1, -0.05) is 34.1 Å². The lowest BCUT2D eigenvalue weighted by molar-refractivity contribution is 0.149. The van der Waals surface area contributed by atoms with Crippen molar-refractivity contribution >= 4 is 0 Å². The van der Waals surface area contributed by atoms with E-state index in [2.05, 4.69) is 55.0 Å². The zero-order chi connectivity index (χ0) is 15.6. The predicted molar refractivity (Wildman–Crippen MR) is 91.4 cm³/mol. The quantitative estimate of drug-likeness (QED) is 0.630. The Bertz CT molecular complexity index is 366. The van der Waals surface area contributed by atoms with Crippen molar-refractivity contribution in [2.45, 2.75) is 53.5 Å². The maximum Gasteiger partial charge on any atom is 0.0271 e. The number of hydrogen-bond acceptors (Lipinski definition) is 3. The van der Waals surface area contributed by atoms with E-state index in [4.69, 9.17) is 0 Å². The molecule has 0 spiro atoms. The highest BCUT2D eigenvalue weighted by Gasteiger charge is 2.25. The molecule has 1 aromatic rings. The first kappa shape index (κ1) is 18.1. The standard InChI is InChI=1S/C18H33N3/c1-5-10-18(4,15-20-11-6-2)16-21(7-3)14-17-8-12-19-13-9-17/h8-9,12-13,20H,5-7,10-11,14-16H2,1-4H3. The lowest BCUT2D eigenvalue weighted by atomic mass is 9.84. The molecule has 0 aliphatic heterocycles. The van der Waals surface area contributed by atoms with Gasteiger partial charge >= 0.3 is 0 Å². The highest BCUT2D eigenvalue weighted by molar-refractivity contribution is 5.09. The van der Waals surface area contributed by atoms with E-state index in [1.165, 1.54) is 24.8 Å². The van der Waals surface area contributed by atoms with Crippen LogP contribution in [0, 0.1) is 5.41 Å². The highest BCUT2D eigenvalue weighted by Crippen LogP contribution is 2.24. The Morgan fingerprint density at radius 1 is 1.14 bits per heavy atom. The normalized spacial score (nSPS) is 14.3. The van der Waals surface area contributed by atoms with Crippen LogP contribution in [0.5, 0.6) is 0 Å². The van der Waals surface area contributed by atoms with Crippen molar-refractivity contribution in [1.29, 1.82) is 0 Å². The average molecular weight is 291 g/mol. The molecular weight excluding hydrogens is 258 g/mol. The van der Waals surface area contributed by atoms with Crippen LogP contribution in [0.2, 0.25) is 0 Å². The van der Waals surface area contributed by atoms with Crippen molar-refractivity contribution < 1.29 is 0 Å². The molecule has 1 N–H and O–H groups in total. The van der Waals surface area contributed by atoms with Gasteiger partial charge in [0.2, 0.25) is 0 Å². The van der Waals surface area contributed by atoms with E-state index >= 15 is 0 Å². The maximum atomic E-state index is 4.10. The summed E-state index contributed by atoms with van der Waals surface area (Å²) < 4.78 is 0. The fraction of sp³-hybridized carbons (Fsp3) is 0.722. The molecular formula is C18H33N3. The van der Waals surface area contributed by atoms with Crippen LogP contribution in [-0.4, -0.2) is 36.1 Å². The summed E-state index contributed by atoms with van der Waals surface area (Å²) in [6.07, 6.45) is 7.50. The molecule has 0 aromatic carbocycles. The van der Waals surface area contributed by atoms with Gasteiger partial charge in [0.1, 0.15) is 0 Å². The second-order valence-electron chi connectivity index (χ2n) is 6.40. The number of nitrogens with one attached hydrogen (secondary N) is 1. The van der Waals surface area contributed by atoms with Crippen LogP contribution in [-0.2, 0) is 6.54 Å². The zero-order valence-corrected chi connectivity index (χ0v) is 14.4. The second-order valence-corrected chi connectivity index (χ2v) is 6.40. The van der Waals surface area contributed by atoms with E-state index in [9.17, 15) is 0 Å². The van der Waals surface area contributed by atoms with E-state index in [1.807, 2.05) is 12.4 Å². The van der Waals surface area contributed by atoms with Gasteiger partial charge in [0.05, 0.1) is 0 Å². The van der Waals surface area contributed by atoms with Gasteiger partial charge in [0, 0.05) is 32.0 Å². The molecule has 0 aliphatic carbocycles. The molecule has 21 heavy (non-hydrogen) atoms. The van der Waals surface area contributed by atoms with Crippen LogP contribution in [0.3, 0.4) is 0 Å². The minimum atomic E-state index is 0.354. The topological polar surface area (TPSA) is 28.2 Å². The van der Waals surface area contributed by atoms with Crippen LogP contribution in [0.25, 0.3) is 0 Å². The molecule has 0 bridgehead atoms. The first-order chi connectivity index (χ1) is 10.1. The smallest absolute Gasteiger partial charge is 0.0271 e. The summed E-state index contributed by atoms with van der Waals surface area (Å²) in [4.78, 5) is 6.66. The molecule has 120 valence electrons. The average Bonchev–Trinajstić information content (AvgIpc) is 2.48. The van der Waals surface area contributed by atoms with Crippen LogP contribution < -0.4 is 5.32 Å². The molecule has 3 nitrogen and oxygen atoms in total. The summed E-state index contributed by atoms with van der Waals surface area (Å²) in [5.74, 6) is 0. The third-order valence-electron chi connectivity index (χ3n) is 4.04. The minimum Gasteiger partial charge on any atom is -0.316 e. The van der Waals surface area contributed by atoms with Crippen molar-refractivity contribution in [1.82, 2.24) is 15.2 Å². The van der Waals surface area contributed by atoms with Crippen LogP contribution >= 0.6 is 0 Å². The first-order valence-electron chi connectivity index (χ1n) is 8.45. The Morgan fingerprint density at radius 3 is 2.43 bits per heavy atom. The molecule has 3 heteroatoms. The molecule has 0 saturated heterocycles. The van der Waals surface area contributed by atoms with E-state index in [0.29, 0.717) is 5.41 Å². The largest absolute Gasteiger partial charge is 0.316 e. The van der Waals surface area contributed by atoms with Gasteiger partial charge in [-0.05, 0) is 49.0 Å². The highest BCUT2D eigenvalue weighted by atomic mass is 15.1. The van der Waals surface area contributed by atoms with E-state index < -0.39 is 0 Å². The Labute approximate surface area is 131 Å². The lowest BCUT2D eigenvalue weighted by Gasteiger charge is -2.35. The number of hydrogen-bond donors (Lipinski definition) is 1. The van der Waals surface area contributed by atoms with Gasteiger partial charge in [-0.15, -0.1) is 0 Å². The second kappa shape index (κ2) is 9.91. The summed E-state index contributed by atoms with van der Waals surface area (Å²) in [5.41, 5.74) is 1.71. The Hall–Kier alpha value is -0.930. The monoisotopic (exact) mass is 291 g/mol. The SMILES string of the molecule is CCCNCC(C)(CCC)CN(CC)Cc1ccncc1. The molecule has 1 atom stereocenters. The van der Waals surface area contributed by atoms with Gasteiger partial charge in [-0.3, -0.25) is 9.88 Å². The number of aromatic nitrogens is 1. The van der Waals surface area contributed by atoms with Crippen LogP contribution in [0.1, 0.15) is 52.5 Å². The molecule has 1 rings (SSSR count). The molecule has 0 aliphatic rings. The summed E-state index contributed by atoms with van der Waals surface area (Å²) >= 11 is 0. The number of pyridine rings is 1. The van der Waals surface area contributed by atoms with Gasteiger partial charge < -0.3 is 5.32 Å². The third-order valence-corrected chi connectivity index (χ3v) is 4.04. The van der Waals surface area contributed by atoms with Crippen LogP contribution in [0.15, 0.2) is 24.5 Å². The number of rotatable bonds is 11. The summed E-state index contributed by atoms with van der Waals surface area (Å²) in [7, 11) is 0. The predicted octanol–water partition coefficient (Wildman–Crippen LogP) is 3.71. The molecule has 0 amide bonds. The van der Waals surface area contributed by atoms with Gasteiger partial charge in [-0.25, -0.2) is 0 Å². The molecule has 0 radical (unpaired) electrons. The van der Waals surface area contributed by atoms with E-state index in [1.54, 1.807) is 0 Å². The Kier molecular flexibility index (Phi) is 8.55. The molecule has 1 unspecified atom stereocenters. The first-order valence-corrected chi connectivity index (χ1v) is 8.45. The van der Waals surface area contributed by atoms with Crippen molar-refractivity contribution in [3.05, 3.63) is 30.1 Å². The van der Waals surface area contributed by atoms with E-state index in [-0.39, 0.29) is 0 Å². The summed E-state index contributed by atoms with van der Waals surface area (Å²) in [6, 6.07) is 4.24. The van der Waals surface area contributed by atoms with Crippen molar-refractivity contribution in [3.8, 4) is 0 Å². The maximum absolute atomic E-state index is 4.10. The fourth-order valence-corrected chi connectivity index (χ4v) is 2.96. The molecule has 0 saturated carbocycles. The van der Waals surface area contributed by atoms with Gasteiger partial charge in [0.25, 0.3) is 0 Å². The van der Waals surface area contributed by atoms with E-state index in [0.717, 1.165) is 32.7 Å².